The van der Waals surface area contributed by atoms with Crippen molar-refractivity contribution < 1.29 is 33.6 Å². The lowest BCUT2D eigenvalue weighted by Gasteiger charge is -2.26. The molecule has 2 aromatic carbocycles. The summed E-state index contributed by atoms with van der Waals surface area (Å²) in [6.07, 6.45) is 1.65. The maximum atomic E-state index is 13.3. The van der Waals surface area contributed by atoms with Crippen LogP contribution in [0.3, 0.4) is 0 Å². The quantitative estimate of drug-likeness (QED) is 0.254. The van der Waals surface area contributed by atoms with Crippen LogP contribution in [0.5, 0.6) is 17.2 Å². The van der Waals surface area contributed by atoms with Gasteiger partial charge in [0.25, 0.3) is 11.7 Å². The number of Topliss-reactive ketones (excluding diaryl/α,β-unsaturated/α-hetero) is 1. The number of ketones is 1. The number of nitrogens with zero attached hydrogens (tertiary/aromatic N) is 1. The highest BCUT2D eigenvalue weighted by Gasteiger charge is 2.46. The maximum Gasteiger partial charge on any atom is 0.295 e. The van der Waals surface area contributed by atoms with E-state index in [1.165, 1.54) is 12.0 Å². The summed E-state index contributed by atoms with van der Waals surface area (Å²) in [5.41, 5.74) is 2.09. The number of fused-ring (bicyclic) bond motifs is 1. The molecule has 0 aliphatic carbocycles. The highest BCUT2D eigenvalue weighted by molar-refractivity contribution is 6.46. The molecule has 2 aliphatic heterocycles. The Morgan fingerprint density at radius 3 is 2.61 bits per heavy atom. The van der Waals surface area contributed by atoms with E-state index < -0.39 is 17.7 Å². The number of hydrogen-bond donors (Lipinski definition) is 1. The van der Waals surface area contributed by atoms with Crippen molar-refractivity contribution in [3.05, 3.63) is 58.7 Å². The SMILES string of the molecule is CCOc1cc([C@H]2/C(=C(\O)c3ccc4c(c3)C[C@H](C)O4)C(=O)C(=O)N2CCOC)ccc1OCCC(C)C. The average molecular weight is 524 g/mol. The summed E-state index contributed by atoms with van der Waals surface area (Å²) in [4.78, 5) is 27.9. The summed E-state index contributed by atoms with van der Waals surface area (Å²) in [7, 11) is 1.54. The molecule has 2 heterocycles. The number of aliphatic hydroxyl groups is 1. The van der Waals surface area contributed by atoms with E-state index in [0.717, 1.165) is 17.7 Å². The Morgan fingerprint density at radius 1 is 1.11 bits per heavy atom. The van der Waals surface area contributed by atoms with Crippen LogP contribution in [-0.4, -0.2) is 61.3 Å². The number of amides is 1. The summed E-state index contributed by atoms with van der Waals surface area (Å²) >= 11 is 0. The van der Waals surface area contributed by atoms with E-state index in [4.69, 9.17) is 18.9 Å². The highest BCUT2D eigenvalue weighted by atomic mass is 16.5. The van der Waals surface area contributed by atoms with Crippen molar-refractivity contribution in [2.24, 2.45) is 5.92 Å². The Balaban J connectivity index is 1.78. The summed E-state index contributed by atoms with van der Waals surface area (Å²) in [6, 6.07) is 9.92. The van der Waals surface area contributed by atoms with Crippen LogP contribution in [0.4, 0.5) is 0 Å². The van der Waals surface area contributed by atoms with Crippen molar-refractivity contribution in [1.29, 1.82) is 0 Å². The Hall–Kier alpha value is -3.52. The fourth-order valence-electron chi connectivity index (χ4n) is 4.86. The van der Waals surface area contributed by atoms with Gasteiger partial charge >= 0.3 is 0 Å². The van der Waals surface area contributed by atoms with Crippen LogP contribution >= 0.6 is 0 Å². The maximum absolute atomic E-state index is 13.3. The fourth-order valence-corrected chi connectivity index (χ4v) is 4.86. The van der Waals surface area contributed by atoms with Crippen LogP contribution in [0.1, 0.15) is 56.8 Å². The lowest BCUT2D eigenvalue weighted by atomic mass is 9.94. The standard InChI is InChI=1S/C30H37NO7/c1-6-36-25-17-20(7-10-24(25)37-13-11-18(2)3)27-26(29(33)30(34)31(27)12-14-35-5)28(32)21-8-9-23-22(16-21)15-19(4)38-23/h7-10,16-19,27,32H,6,11-15H2,1-5H3/b28-26+/t19-,27-/m0/s1. The van der Waals surface area contributed by atoms with Gasteiger partial charge in [-0.2, -0.15) is 0 Å². The van der Waals surface area contributed by atoms with Crippen LogP contribution in [0.15, 0.2) is 42.0 Å². The van der Waals surface area contributed by atoms with Crippen molar-refractivity contribution in [3.8, 4) is 17.2 Å². The molecule has 0 bridgehead atoms. The molecule has 0 spiro atoms. The van der Waals surface area contributed by atoms with E-state index in [1.54, 1.807) is 24.3 Å². The van der Waals surface area contributed by atoms with Gasteiger partial charge in [0.1, 0.15) is 17.6 Å². The highest BCUT2D eigenvalue weighted by Crippen LogP contribution is 2.42. The summed E-state index contributed by atoms with van der Waals surface area (Å²) in [5, 5.41) is 11.4. The largest absolute Gasteiger partial charge is 0.507 e. The van der Waals surface area contributed by atoms with E-state index in [1.807, 2.05) is 26.0 Å². The van der Waals surface area contributed by atoms with Crippen molar-refractivity contribution >= 4 is 17.4 Å². The number of likely N-dealkylation sites (tertiary alicyclic amines) is 1. The Kier molecular flexibility index (Phi) is 8.62. The van der Waals surface area contributed by atoms with Crippen LogP contribution in [0.2, 0.25) is 0 Å². The first kappa shape index (κ1) is 27.5. The molecule has 8 heteroatoms. The van der Waals surface area contributed by atoms with E-state index in [-0.39, 0.29) is 30.6 Å². The zero-order valence-corrected chi connectivity index (χ0v) is 22.8. The van der Waals surface area contributed by atoms with Crippen LogP contribution < -0.4 is 14.2 Å². The first-order chi connectivity index (χ1) is 18.2. The van der Waals surface area contributed by atoms with Crippen LogP contribution in [-0.2, 0) is 20.7 Å². The third-order valence-electron chi connectivity index (χ3n) is 6.78. The number of benzene rings is 2. The monoisotopic (exact) mass is 523 g/mol. The minimum Gasteiger partial charge on any atom is -0.507 e. The van der Waals surface area contributed by atoms with Crippen molar-refractivity contribution in [2.75, 3.05) is 33.5 Å². The first-order valence-electron chi connectivity index (χ1n) is 13.2. The van der Waals surface area contributed by atoms with Crippen LogP contribution in [0.25, 0.3) is 5.76 Å². The van der Waals surface area contributed by atoms with Crippen molar-refractivity contribution in [2.45, 2.75) is 52.7 Å². The van der Waals surface area contributed by atoms with Gasteiger partial charge in [0.2, 0.25) is 0 Å². The van der Waals surface area contributed by atoms with E-state index in [0.29, 0.717) is 48.2 Å². The van der Waals surface area contributed by atoms with Gasteiger partial charge in [0.05, 0.1) is 31.4 Å². The second-order valence-corrected chi connectivity index (χ2v) is 10.1. The molecule has 1 fully saturated rings. The molecular weight excluding hydrogens is 486 g/mol. The van der Waals surface area contributed by atoms with Gasteiger partial charge in [0.15, 0.2) is 11.5 Å². The number of methoxy groups -OCH3 is 1. The molecule has 1 amide bonds. The second kappa shape index (κ2) is 11.9. The van der Waals surface area contributed by atoms with Gasteiger partial charge in [-0.1, -0.05) is 19.9 Å². The first-order valence-corrected chi connectivity index (χ1v) is 13.2. The fraction of sp³-hybridized carbons (Fsp3) is 0.467. The summed E-state index contributed by atoms with van der Waals surface area (Å²) < 4.78 is 22.8. The van der Waals surface area contributed by atoms with E-state index in [2.05, 4.69) is 13.8 Å². The van der Waals surface area contributed by atoms with Crippen LogP contribution in [0, 0.1) is 5.92 Å². The molecule has 4 rings (SSSR count). The Morgan fingerprint density at radius 2 is 1.89 bits per heavy atom. The number of rotatable bonds is 11. The number of ether oxygens (including phenoxy) is 4. The van der Waals surface area contributed by atoms with Crippen molar-refractivity contribution in [3.63, 3.8) is 0 Å². The zero-order chi connectivity index (χ0) is 27.4. The average Bonchev–Trinajstić information content (AvgIpc) is 3.38. The molecule has 0 saturated carbocycles. The molecule has 2 aromatic rings. The third-order valence-corrected chi connectivity index (χ3v) is 6.78. The molecule has 0 unspecified atom stereocenters. The predicted octanol–water partition coefficient (Wildman–Crippen LogP) is 4.90. The smallest absolute Gasteiger partial charge is 0.295 e. The normalized spacial score (nSPS) is 20.1. The second-order valence-electron chi connectivity index (χ2n) is 10.1. The molecule has 1 saturated heterocycles. The molecule has 204 valence electrons. The molecule has 0 radical (unpaired) electrons. The zero-order valence-electron chi connectivity index (χ0n) is 22.8. The van der Waals surface area contributed by atoms with Gasteiger partial charge in [-0.3, -0.25) is 9.59 Å². The third kappa shape index (κ3) is 5.65. The molecular formula is C30H37NO7. The van der Waals surface area contributed by atoms with Gasteiger partial charge < -0.3 is 29.0 Å². The minimum absolute atomic E-state index is 0.0361. The topological polar surface area (TPSA) is 94.5 Å². The molecule has 2 aliphatic rings. The number of hydrogen-bond acceptors (Lipinski definition) is 7. The molecule has 38 heavy (non-hydrogen) atoms. The van der Waals surface area contributed by atoms with Gasteiger partial charge in [0, 0.05) is 25.6 Å². The number of carbonyl (C=O) groups is 2. The lowest BCUT2D eigenvalue weighted by molar-refractivity contribution is -0.140. The summed E-state index contributed by atoms with van der Waals surface area (Å²) in [6.45, 7) is 9.52. The number of aliphatic hydroxyl groups excluding tert-OH is 1. The van der Waals surface area contributed by atoms with E-state index in [9.17, 15) is 14.7 Å². The van der Waals surface area contributed by atoms with Crippen molar-refractivity contribution in [1.82, 2.24) is 4.90 Å². The van der Waals surface area contributed by atoms with E-state index >= 15 is 0 Å². The summed E-state index contributed by atoms with van der Waals surface area (Å²) in [5.74, 6) is 0.754. The Bertz CT molecular complexity index is 1220. The minimum atomic E-state index is -0.808. The molecule has 1 N–H and O–H groups in total. The molecule has 2 atom stereocenters. The van der Waals surface area contributed by atoms with Gasteiger partial charge in [-0.05, 0) is 67.6 Å². The Labute approximate surface area is 224 Å². The molecule has 0 aromatic heterocycles. The lowest BCUT2D eigenvalue weighted by Crippen LogP contribution is -2.32. The van der Waals surface area contributed by atoms with Gasteiger partial charge in [-0.25, -0.2) is 0 Å². The number of carbonyl (C=O) groups excluding carboxylic acids is 2. The predicted molar refractivity (Wildman–Crippen MR) is 144 cm³/mol. The molecule has 8 nitrogen and oxygen atoms in total. The van der Waals surface area contributed by atoms with Gasteiger partial charge in [-0.15, -0.1) is 0 Å².